The van der Waals surface area contributed by atoms with Crippen molar-refractivity contribution in [2.45, 2.75) is 148 Å². The summed E-state index contributed by atoms with van der Waals surface area (Å²) >= 11 is 0. The van der Waals surface area contributed by atoms with Crippen LogP contribution in [-0.4, -0.2) is 50.7 Å². The molecular formula is C28H52O8. The van der Waals surface area contributed by atoms with E-state index in [0.717, 1.165) is 89.9 Å². The number of aliphatic carboxylic acids is 3. The first kappa shape index (κ1) is 36.2. The number of hydrogen-bond acceptors (Lipinski definition) is 5. The number of carboxylic acids is 3. The van der Waals surface area contributed by atoms with Crippen molar-refractivity contribution in [1.82, 2.24) is 0 Å². The summed E-state index contributed by atoms with van der Waals surface area (Å²) in [5, 5.41) is 34.6. The highest BCUT2D eigenvalue weighted by Crippen LogP contribution is 2.14. The second-order valence-corrected chi connectivity index (χ2v) is 9.82. The van der Waals surface area contributed by atoms with Gasteiger partial charge in [-0.3, -0.25) is 14.4 Å². The summed E-state index contributed by atoms with van der Waals surface area (Å²) in [6, 6.07) is 0. The van der Waals surface area contributed by atoms with Gasteiger partial charge in [-0.2, -0.15) is 0 Å². The monoisotopic (exact) mass is 516 g/mol. The van der Waals surface area contributed by atoms with E-state index in [1.165, 1.54) is 25.7 Å². The highest BCUT2D eigenvalue weighted by Gasteiger charge is 2.09. The number of carbonyl (C=O) groups excluding carboxylic acids is 1. The van der Waals surface area contributed by atoms with E-state index in [1.54, 1.807) is 6.92 Å². The SMILES string of the molecule is CC(CCCCCCCCCCC(=O)O)C(=O)O.O=CC(O)CCCCCCCCCCCC(=O)O. The molecule has 2 unspecified atom stereocenters. The molecule has 0 fully saturated rings. The van der Waals surface area contributed by atoms with Gasteiger partial charge in [0, 0.05) is 12.8 Å². The molecule has 0 heterocycles. The Bertz CT molecular complexity index is 550. The standard InChI is InChI=1S/2C14H26O4/c1-12(14(17)18)10-8-6-4-2-3-5-7-9-11-13(15)16;15-12-13(16)10-8-6-4-2-1-3-5-7-9-11-14(17)18/h12H,2-11H2,1H3,(H,15,16)(H,17,18);12-13,16H,1-11H2,(H,17,18). The maximum absolute atomic E-state index is 10.6. The molecule has 0 spiro atoms. The highest BCUT2D eigenvalue weighted by atomic mass is 16.4. The van der Waals surface area contributed by atoms with E-state index in [4.69, 9.17) is 20.4 Å². The molecule has 0 aliphatic heterocycles. The number of carboxylic acid groups (broad SMARTS) is 3. The number of aliphatic hydroxyl groups is 1. The van der Waals surface area contributed by atoms with E-state index in [-0.39, 0.29) is 12.3 Å². The minimum atomic E-state index is -0.778. The molecule has 36 heavy (non-hydrogen) atoms. The summed E-state index contributed by atoms with van der Waals surface area (Å²) in [6.45, 7) is 1.75. The van der Waals surface area contributed by atoms with Gasteiger partial charge in [-0.1, -0.05) is 103 Å². The van der Waals surface area contributed by atoms with Crippen LogP contribution in [0, 0.1) is 5.92 Å². The molecule has 0 aromatic rings. The molecule has 0 radical (unpaired) electrons. The summed E-state index contributed by atoms with van der Waals surface area (Å²) in [7, 11) is 0. The summed E-state index contributed by atoms with van der Waals surface area (Å²) in [6.07, 6.45) is 19.9. The number of hydrogen-bond donors (Lipinski definition) is 4. The summed E-state index contributed by atoms with van der Waals surface area (Å²) in [5.41, 5.74) is 0. The molecular weight excluding hydrogens is 464 g/mol. The van der Waals surface area contributed by atoms with Crippen molar-refractivity contribution in [3.05, 3.63) is 0 Å². The van der Waals surface area contributed by atoms with Gasteiger partial charge < -0.3 is 25.2 Å². The number of aldehydes is 1. The molecule has 0 aliphatic carbocycles. The summed E-state index contributed by atoms with van der Waals surface area (Å²) < 4.78 is 0. The van der Waals surface area contributed by atoms with Crippen molar-refractivity contribution in [2.75, 3.05) is 0 Å². The number of carbonyl (C=O) groups is 4. The average molecular weight is 517 g/mol. The Balaban J connectivity index is 0. The molecule has 4 N–H and O–H groups in total. The van der Waals surface area contributed by atoms with Crippen LogP contribution in [0.2, 0.25) is 0 Å². The second-order valence-electron chi connectivity index (χ2n) is 9.82. The lowest BCUT2D eigenvalue weighted by atomic mass is 10.0. The van der Waals surface area contributed by atoms with Crippen LogP contribution in [0.15, 0.2) is 0 Å². The molecule has 8 heteroatoms. The molecule has 0 aromatic heterocycles. The maximum Gasteiger partial charge on any atom is 0.306 e. The van der Waals surface area contributed by atoms with Crippen molar-refractivity contribution in [3.63, 3.8) is 0 Å². The molecule has 2 atom stereocenters. The first-order chi connectivity index (χ1) is 17.2. The van der Waals surface area contributed by atoms with Gasteiger partial charge >= 0.3 is 17.9 Å². The van der Waals surface area contributed by atoms with E-state index in [9.17, 15) is 19.2 Å². The minimum absolute atomic E-state index is 0.221. The zero-order chi connectivity index (χ0) is 27.4. The van der Waals surface area contributed by atoms with Gasteiger partial charge in [-0.15, -0.1) is 0 Å². The Morgan fingerprint density at radius 3 is 1.17 bits per heavy atom. The van der Waals surface area contributed by atoms with Crippen LogP contribution in [0.1, 0.15) is 142 Å². The Hall–Kier alpha value is -1.96. The van der Waals surface area contributed by atoms with Crippen LogP contribution in [0.3, 0.4) is 0 Å². The van der Waals surface area contributed by atoms with Gasteiger partial charge in [-0.25, -0.2) is 0 Å². The fourth-order valence-electron chi connectivity index (χ4n) is 3.85. The van der Waals surface area contributed by atoms with Crippen LogP contribution in [-0.2, 0) is 19.2 Å². The topological polar surface area (TPSA) is 149 Å². The zero-order valence-electron chi connectivity index (χ0n) is 22.5. The van der Waals surface area contributed by atoms with Crippen molar-refractivity contribution < 1.29 is 39.6 Å². The summed E-state index contributed by atoms with van der Waals surface area (Å²) in [5.74, 6) is -2.33. The second kappa shape index (κ2) is 27.6. The summed E-state index contributed by atoms with van der Waals surface area (Å²) in [4.78, 5) is 41.3. The molecule has 8 nitrogen and oxygen atoms in total. The zero-order valence-corrected chi connectivity index (χ0v) is 22.5. The van der Waals surface area contributed by atoms with E-state index >= 15 is 0 Å². The fourth-order valence-corrected chi connectivity index (χ4v) is 3.85. The Labute approximate surface area is 217 Å². The van der Waals surface area contributed by atoms with Gasteiger partial charge in [0.25, 0.3) is 0 Å². The third-order valence-electron chi connectivity index (χ3n) is 6.25. The largest absolute Gasteiger partial charge is 0.481 e. The van der Waals surface area contributed by atoms with Gasteiger partial charge in [0.15, 0.2) is 0 Å². The van der Waals surface area contributed by atoms with Crippen molar-refractivity contribution >= 4 is 24.2 Å². The normalized spacial score (nSPS) is 12.3. The lowest BCUT2D eigenvalue weighted by molar-refractivity contribution is -0.141. The van der Waals surface area contributed by atoms with Gasteiger partial charge in [0.2, 0.25) is 0 Å². The molecule has 0 aliphatic rings. The van der Waals surface area contributed by atoms with E-state index in [1.807, 2.05) is 0 Å². The Morgan fingerprint density at radius 1 is 0.556 bits per heavy atom. The van der Waals surface area contributed by atoms with Gasteiger partial charge in [-0.05, 0) is 25.7 Å². The van der Waals surface area contributed by atoms with Crippen LogP contribution in [0.25, 0.3) is 0 Å². The molecule has 0 bridgehead atoms. The third-order valence-corrected chi connectivity index (χ3v) is 6.25. The Kier molecular flexibility index (Phi) is 27.8. The lowest BCUT2D eigenvalue weighted by Gasteiger charge is -2.05. The Morgan fingerprint density at radius 2 is 0.861 bits per heavy atom. The van der Waals surface area contributed by atoms with E-state index in [0.29, 0.717) is 19.1 Å². The van der Waals surface area contributed by atoms with Gasteiger partial charge in [0.1, 0.15) is 12.4 Å². The van der Waals surface area contributed by atoms with Gasteiger partial charge in [0.05, 0.1) is 5.92 Å². The molecule has 0 amide bonds. The van der Waals surface area contributed by atoms with Crippen LogP contribution in [0.5, 0.6) is 0 Å². The molecule has 212 valence electrons. The van der Waals surface area contributed by atoms with E-state index < -0.39 is 24.0 Å². The fraction of sp³-hybridized carbons (Fsp3) is 0.857. The predicted octanol–water partition coefficient (Wildman–Crippen LogP) is 6.61. The molecule has 0 aromatic carbocycles. The van der Waals surface area contributed by atoms with Crippen molar-refractivity contribution in [1.29, 1.82) is 0 Å². The molecule has 0 saturated heterocycles. The van der Waals surface area contributed by atoms with E-state index in [2.05, 4.69) is 0 Å². The number of rotatable bonds is 25. The maximum atomic E-state index is 10.6. The minimum Gasteiger partial charge on any atom is -0.481 e. The smallest absolute Gasteiger partial charge is 0.306 e. The van der Waals surface area contributed by atoms with Crippen molar-refractivity contribution in [2.24, 2.45) is 5.92 Å². The number of aliphatic hydroxyl groups excluding tert-OH is 1. The quantitative estimate of drug-likeness (QED) is 0.0781. The average Bonchev–Trinajstić information content (AvgIpc) is 2.83. The first-order valence-electron chi connectivity index (χ1n) is 14.0. The molecule has 0 saturated carbocycles. The van der Waals surface area contributed by atoms with Crippen LogP contribution >= 0.6 is 0 Å². The van der Waals surface area contributed by atoms with Crippen molar-refractivity contribution in [3.8, 4) is 0 Å². The first-order valence-corrected chi connectivity index (χ1v) is 14.0. The predicted molar refractivity (Wildman–Crippen MR) is 141 cm³/mol. The highest BCUT2D eigenvalue weighted by molar-refractivity contribution is 5.69. The van der Waals surface area contributed by atoms with Crippen LogP contribution < -0.4 is 0 Å². The lowest BCUT2D eigenvalue weighted by Crippen LogP contribution is -2.08. The third kappa shape index (κ3) is 32.0. The molecule has 0 rings (SSSR count). The number of unbranched alkanes of at least 4 members (excludes halogenated alkanes) is 15. The van der Waals surface area contributed by atoms with Crippen LogP contribution in [0.4, 0.5) is 0 Å².